The SMILES string of the molecule is CC(C)(C)c1cc(-c2nc(-c3cc4c5c(c3)N(c3cc(-c6ccccc6)cc(-c6ccccc6)c3)c3cc6ccccc6cc3B5c3cc5ccccc5cc3N4c3cc(-c4ccccc4)cc(-c4ccccc4)c3)nc3ccccc23)cc(C(C)(C)C)c1. The van der Waals surface area contributed by atoms with Crippen LogP contribution in [0.4, 0.5) is 34.1 Å². The molecule has 4 nitrogen and oxygen atoms in total. The van der Waals surface area contributed by atoms with Crippen molar-refractivity contribution in [3.05, 3.63) is 296 Å². The van der Waals surface area contributed by atoms with E-state index in [9.17, 15) is 0 Å². The van der Waals surface area contributed by atoms with Gasteiger partial charge in [0, 0.05) is 50.6 Å². The second kappa shape index (κ2) is 21.1. The summed E-state index contributed by atoms with van der Waals surface area (Å²) >= 11 is 0. The van der Waals surface area contributed by atoms with E-state index in [1.54, 1.807) is 0 Å². The standard InChI is InChI=1S/C84H65BN4/c1-83(2,3)68-41-66(42-69(53-68)84(4,5)6)81-72-37-23-24-38-75(72)86-82(87-81)67-51-78-80-79(52-67)89(71-45-64(56-29-15-9-16-30-56)40-65(46-71)57-31-17-10-18-32-57)77-50-61-36-22-20-34-59(61)48-74(77)85(80)73-47-58-33-19-21-35-60(58)49-76(73)88(78)70-43-62(54-25-11-7-12-26-54)39-63(44-70)55-27-13-8-14-28-55/h7-53H,1-6H3. The summed E-state index contributed by atoms with van der Waals surface area (Å²) in [5.41, 5.74) is 25.5. The van der Waals surface area contributed by atoms with E-state index in [1.807, 2.05) is 0 Å². The van der Waals surface area contributed by atoms with Gasteiger partial charge in [-0.3, -0.25) is 0 Å². The molecule has 16 rings (SSSR count). The third kappa shape index (κ3) is 9.57. The van der Waals surface area contributed by atoms with Crippen LogP contribution in [0.15, 0.2) is 285 Å². The number of anilines is 6. The van der Waals surface area contributed by atoms with Crippen LogP contribution in [-0.4, -0.2) is 16.7 Å². The molecule has 424 valence electrons. The Kier molecular flexibility index (Phi) is 12.7. The molecule has 3 heterocycles. The van der Waals surface area contributed by atoms with Gasteiger partial charge >= 0.3 is 0 Å². The third-order valence-corrected chi connectivity index (χ3v) is 18.4. The van der Waals surface area contributed by atoms with Crippen LogP contribution in [0.25, 0.3) is 99.6 Å². The van der Waals surface area contributed by atoms with Crippen molar-refractivity contribution < 1.29 is 0 Å². The van der Waals surface area contributed by atoms with E-state index in [1.165, 1.54) is 49.1 Å². The van der Waals surface area contributed by atoms with Crippen molar-refractivity contribution in [1.82, 2.24) is 9.97 Å². The molecule has 89 heavy (non-hydrogen) atoms. The van der Waals surface area contributed by atoms with Crippen LogP contribution in [0.2, 0.25) is 0 Å². The zero-order valence-electron chi connectivity index (χ0n) is 51.0. The van der Waals surface area contributed by atoms with E-state index >= 15 is 0 Å². The molecular weight excluding hydrogens is 1080 g/mol. The summed E-state index contributed by atoms with van der Waals surface area (Å²) < 4.78 is 0. The molecular formula is C84H65BN4. The molecule has 0 saturated carbocycles. The van der Waals surface area contributed by atoms with Crippen LogP contribution in [0.5, 0.6) is 0 Å². The van der Waals surface area contributed by atoms with E-state index < -0.39 is 0 Å². The van der Waals surface area contributed by atoms with Crippen LogP contribution in [0, 0.1) is 0 Å². The Labute approximate surface area is 522 Å². The maximum absolute atomic E-state index is 5.88. The predicted octanol–water partition coefficient (Wildman–Crippen LogP) is 20.6. The predicted molar refractivity (Wildman–Crippen MR) is 379 cm³/mol. The minimum atomic E-state index is -0.179. The minimum absolute atomic E-state index is 0.105. The lowest BCUT2D eigenvalue weighted by Crippen LogP contribution is -2.61. The molecule has 0 fully saturated rings. The van der Waals surface area contributed by atoms with E-state index in [0.717, 1.165) is 106 Å². The van der Waals surface area contributed by atoms with Crippen LogP contribution in [0.1, 0.15) is 52.7 Å². The molecule has 0 radical (unpaired) electrons. The molecule has 2 aliphatic rings. The van der Waals surface area contributed by atoms with Gasteiger partial charge in [0.25, 0.3) is 6.71 Å². The third-order valence-electron chi connectivity index (χ3n) is 18.4. The molecule has 0 aliphatic carbocycles. The smallest absolute Gasteiger partial charge is 0.252 e. The summed E-state index contributed by atoms with van der Waals surface area (Å²) in [5.74, 6) is 0.660. The summed E-state index contributed by atoms with van der Waals surface area (Å²) in [4.78, 5) is 16.7. The molecule has 0 N–H and O–H groups in total. The first-order chi connectivity index (χ1) is 43.3. The highest BCUT2D eigenvalue weighted by atomic mass is 15.2. The van der Waals surface area contributed by atoms with Gasteiger partial charge < -0.3 is 9.80 Å². The average molecular weight is 1140 g/mol. The van der Waals surface area contributed by atoms with E-state index in [-0.39, 0.29) is 17.5 Å². The molecule has 1 aromatic heterocycles. The number of nitrogens with zero attached hydrogens (tertiary/aromatic N) is 4. The second-order valence-electron chi connectivity index (χ2n) is 26.3. The van der Waals surface area contributed by atoms with E-state index in [2.05, 4.69) is 336 Å². The fraction of sp³-hybridized carbons (Fsp3) is 0.0952. The largest absolute Gasteiger partial charge is 0.311 e. The monoisotopic (exact) mass is 1140 g/mol. The van der Waals surface area contributed by atoms with Crippen molar-refractivity contribution in [2.24, 2.45) is 0 Å². The Morgan fingerprint density at radius 2 is 0.663 bits per heavy atom. The van der Waals surface area contributed by atoms with E-state index in [4.69, 9.17) is 9.97 Å². The number of aromatic nitrogens is 2. The first-order valence-corrected chi connectivity index (χ1v) is 31.1. The van der Waals surface area contributed by atoms with Gasteiger partial charge in [0.1, 0.15) is 0 Å². The molecule has 0 unspecified atom stereocenters. The lowest BCUT2D eigenvalue weighted by atomic mass is 9.33. The zero-order valence-corrected chi connectivity index (χ0v) is 51.0. The summed E-state index contributed by atoms with van der Waals surface area (Å²) in [5, 5.41) is 5.77. The van der Waals surface area contributed by atoms with Crippen molar-refractivity contribution in [3.8, 4) is 67.2 Å². The van der Waals surface area contributed by atoms with Crippen molar-refractivity contribution in [2.45, 2.75) is 52.4 Å². The summed E-state index contributed by atoms with van der Waals surface area (Å²) in [6.45, 7) is 13.7. The zero-order chi connectivity index (χ0) is 60.1. The lowest BCUT2D eigenvalue weighted by molar-refractivity contribution is 0.569. The number of benzene rings is 13. The molecule has 14 aromatic rings. The Balaban J connectivity index is 1.06. The molecule has 13 aromatic carbocycles. The number of hydrogen-bond donors (Lipinski definition) is 0. The molecule has 0 spiro atoms. The Morgan fingerprint density at radius 3 is 1.07 bits per heavy atom. The molecule has 0 bridgehead atoms. The normalized spacial score (nSPS) is 12.8. The van der Waals surface area contributed by atoms with Crippen LogP contribution in [0.3, 0.4) is 0 Å². The van der Waals surface area contributed by atoms with E-state index in [0.29, 0.717) is 5.82 Å². The van der Waals surface area contributed by atoms with Gasteiger partial charge in [-0.15, -0.1) is 0 Å². The molecule has 2 aliphatic heterocycles. The van der Waals surface area contributed by atoms with Gasteiger partial charge in [-0.05, 0) is 183 Å². The highest BCUT2D eigenvalue weighted by molar-refractivity contribution is 7.00. The number of hydrogen-bond acceptors (Lipinski definition) is 4. The van der Waals surface area contributed by atoms with Gasteiger partial charge in [-0.2, -0.15) is 0 Å². The van der Waals surface area contributed by atoms with Crippen molar-refractivity contribution in [3.63, 3.8) is 0 Å². The Hall–Kier alpha value is -10.6. The van der Waals surface area contributed by atoms with Gasteiger partial charge in [0.15, 0.2) is 5.82 Å². The molecule has 0 amide bonds. The van der Waals surface area contributed by atoms with Crippen LogP contribution >= 0.6 is 0 Å². The highest BCUT2D eigenvalue weighted by Gasteiger charge is 2.45. The number of para-hydroxylation sites is 1. The summed E-state index contributed by atoms with van der Waals surface area (Å²) in [6.07, 6.45) is 0. The highest BCUT2D eigenvalue weighted by Crippen LogP contribution is 2.50. The van der Waals surface area contributed by atoms with Gasteiger partial charge in [0.05, 0.1) is 11.2 Å². The summed E-state index contributed by atoms with van der Waals surface area (Å²) in [6, 6.07) is 106. The Bertz CT molecular complexity index is 4720. The Morgan fingerprint density at radius 1 is 0.292 bits per heavy atom. The first kappa shape index (κ1) is 53.8. The topological polar surface area (TPSA) is 32.3 Å². The average Bonchev–Trinajstić information content (AvgIpc) is 0.867. The lowest BCUT2D eigenvalue weighted by Gasteiger charge is -2.45. The van der Waals surface area contributed by atoms with Crippen molar-refractivity contribution in [1.29, 1.82) is 0 Å². The quantitative estimate of drug-likeness (QED) is 0.142. The van der Waals surface area contributed by atoms with Crippen molar-refractivity contribution in [2.75, 3.05) is 9.80 Å². The van der Waals surface area contributed by atoms with Gasteiger partial charge in [-0.25, -0.2) is 9.97 Å². The first-order valence-electron chi connectivity index (χ1n) is 31.1. The minimum Gasteiger partial charge on any atom is -0.311 e. The summed E-state index contributed by atoms with van der Waals surface area (Å²) in [7, 11) is 0. The van der Waals surface area contributed by atoms with Gasteiger partial charge in [0.2, 0.25) is 0 Å². The molecule has 5 heteroatoms. The fourth-order valence-corrected chi connectivity index (χ4v) is 13.8. The maximum Gasteiger partial charge on any atom is 0.252 e. The number of rotatable bonds is 8. The second-order valence-corrected chi connectivity index (χ2v) is 26.3. The molecule has 0 atom stereocenters. The molecule has 0 saturated heterocycles. The maximum atomic E-state index is 5.88. The van der Waals surface area contributed by atoms with Gasteiger partial charge in [-0.1, -0.05) is 248 Å². The number of fused-ring (bicyclic) bond motifs is 7. The van der Waals surface area contributed by atoms with Crippen molar-refractivity contribution >= 4 is 89.7 Å². The van der Waals surface area contributed by atoms with Crippen LogP contribution < -0.4 is 26.2 Å². The van der Waals surface area contributed by atoms with Crippen LogP contribution in [-0.2, 0) is 10.8 Å². The fourth-order valence-electron chi connectivity index (χ4n) is 13.8.